The maximum atomic E-state index is 12.4. The van der Waals surface area contributed by atoms with Crippen molar-refractivity contribution in [3.63, 3.8) is 0 Å². The van der Waals surface area contributed by atoms with Gasteiger partial charge in [0.1, 0.15) is 5.84 Å². The smallest absolute Gasteiger partial charge is 0.272 e. The fourth-order valence-electron chi connectivity index (χ4n) is 4.48. The van der Waals surface area contributed by atoms with Gasteiger partial charge in [-0.1, -0.05) is 30.3 Å². The lowest BCUT2D eigenvalue weighted by Gasteiger charge is -2.36. The van der Waals surface area contributed by atoms with Crippen LogP contribution in [0.3, 0.4) is 0 Å². The van der Waals surface area contributed by atoms with Gasteiger partial charge in [-0.05, 0) is 30.3 Å². The van der Waals surface area contributed by atoms with Gasteiger partial charge >= 0.3 is 0 Å². The monoisotopic (exact) mass is 388 g/mol. The topological polar surface area (TPSA) is 85.4 Å². The second-order valence-corrected chi connectivity index (χ2v) is 7.70. The van der Waals surface area contributed by atoms with Crippen molar-refractivity contribution >= 4 is 22.3 Å². The molecule has 29 heavy (non-hydrogen) atoms. The Labute approximate surface area is 168 Å². The molecule has 0 saturated carbocycles. The summed E-state index contributed by atoms with van der Waals surface area (Å²) in [5.41, 5.74) is 4.07. The van der Waals surface area contributed by atoms with Gasteiger partial charge in [-0.25, -0.2) is 5.10 Å². The Morgan fingerprint density at radius 3 is 2.76 bits per heavy atom. The first kappa shape index (κ1) is 17.9. The van der Waals surface area contributed by atoms with Gasteiger partial charge in [-0.3, -0.25) is 9.79 Å². The molecule has 2 aliphatic heterocycles. The zero-order valence-corrected chi connectivity index (χ0v) is 16.6. The minimum Gasteiger partial charge on any atom is -0.377 e. The number of likely N-dealkylation sites (N-methyl/N-ethyl adjacent to an activating group) is 1. The number of aromatic nitrogens is 2. The second-order valence-electron chi connectivity index (χ2n) is 7.70. The SMILES string of the molecule is CNCc1ccc(C2Nc3cccc4c(=O)[nH]nc(c34)C2C2=NCCN2C)cc1. The Hall–Kier alpha value is -3.19. The minimum atomic E-state index is -0.164. The van der Waals surface area contributed by atoms with E-state index in [1.165, 1.54) is 11.1 Å². The molecule has 7 nitrogen and oxygen atoms in total. The molecule has 1 aromatic heterocycles. The van der Waals surface area contributed by atoms with E-state index in [9.17, 15) is 4.79 Å². The van der Waals surface area contributed by atoms with Gasteiger partial charge < -0.3 is 15.5 Å². The molecule has 148 valence electrons. The van der Waals surface area contributed by atoms with E-state index >= 15 is 0 Å². The molecule has 0 fully saturated rings. The standard InChI is InChI=1S/C22H24N6O/c1-23-12-13-6-8-14(9-7-13)19-18(21-24-10-11-28(21)2)20-17-15(22(29)27-26-20)4-3-5-16(17)25-19/h3-9,18-19,23,25H,10-12H2,1-2H3,(H,27,29). The average molecular weight is 388 g/mol. The molecule has 7 heteroatoms. The first-order valence-corrected chi connectivity index (χ1v) is 9.94. The Balaban J connectivity index is 1.69. The van der Waals surface area contributed by atoms with Crippen molar-refractivity contribution in [1.82, 2.24) is 20.4 Å². The summed E-state index contributed by atoms with van der Waals surface area (Å²) in [5, 5.41) is 15.7. The fraction of sp³-hybridized carbons (Fsp3) is 0.318. The molecule has 3 aromatic rings. The van der Waals surface area contributed by atoms with Crippen molar-refractivity contribution in [2.24, 2.45) is 4.99 Å². The van der Waals surface area contributed by atoms with Crippen LogP contribution >= 0.6 is 0 Å². The summed E-state index contributed by atoms with van der Waals surface area (Å²) in [5.74, 6) is 0.934. The molecule has 3 heterocycles. The molecular weight excluding hydrogens is 364 g/mol. The van der Waals surface area contributed by atoms with E-state index in [1.807, 2.05) is 25.2 Å². The molecule has 0 bridgehead atoms. The number of rotatable bonds is 4. The van der Waals surface area contributed by atoms with E-state index < -0.39 is 0 Å². The Morgan fingerprint density at radius 2 is 2.03 bits per heavy atom. The Morgan fingerprint density at radius 1 is 1.21 bits per heavy atom. The van der Waals surface area contributed by atoms with E-state index in [4.69, 9.17) is 4.99 Å². The number of aliphatic imine (C=N–C) groups is 1. The van der Waals surface area contributed by atoms with Gasteiger partial charge in [0.15, 0.2) is 0 Å². The van der Waals surface area contributed by atoms with Crippen molar-refractivity contribution < 1.29 is 0 Å². The summed E-state index contributed by atoms with van der Waals surface area (Å²) in [7, 11) is 4.02. The van der Waals surface area contributed by atoms with Crippen LogP contribution in [-0.2, 0) is 6.54 Å². The molecule has 0 amide bonds. The quantitative estimate of drug-likeness (QED) is 0.638. The minimum absolute atomic E-state index is 0.0190. The number of nitrogens with zero attached hydrogens (tertiary/aromatic N) is 3. The molecule has 2 aliphatic rings. The zero-order valence-electron chi connectivity index (χ0n) is 16.6. The highest BCUT2D eigenvalue weighted by Gasteiger charge is 2.39. The van der Waals surface area contributed by atoms with Crippen molar-refractivity contribution in [2.45, 2.75) is 18.5 Å². The number of nitrogens with one attached hydrogen (secondary N) is 3. The molecule has 0 radical (unpaired) electrons. The van der Waals surface area contributed by atoms with E-state index in [-0.39, 0.29) is 17.5 Å². The van der Waals surface area contributed by atoms with Crippen molar-refractivity contribution in [3.05, 3.63) is 69.6 Å². The molecule has 3 N–H and O–H groups in total. The number of anilines is 1. The van der Waals surface area contributed by atoms with Gasteiger partial charge in [-0.15, -0.1) is 0 Å². The Kier molecular flexibility index (Phi) is 4.32. The summed E-state index contributed by atoms with van der Waals surface area (Å²) in [6.07, 6.45) is 0. The summed E-state index contributed by atoms with van der Waals surface area (Å²) < 4.78 is 0. The molecule has 2 unspecified atom stereocenters. The van der Waals surface area contributed by atoms with Crippen LogP contribution in [0.4, 0.5) is 5.69 Å². The molecule has 0 saturated heterocycles. The lowest BCUT2D eigenvalue weighted by atomic mass is 9.83. The van der Waals surface area contributed by atoms with Crippen LogP contribution in [-0.4, -0.2) is 48.1 Å². The van der Waals surface area contributed by atoms with Gasteiger partial charge in [0, 0.05) is 31.2 Å². The van der Waals surface area contributed by atoms with Crippen LogP contribution in [0.25, 0.3) is 10.8 Å². The largest absolute Gasteiger partial charge is 0.377 e. The third-order valence-corrected chi connectivity index (χ3v) is 5.88. The average Bonchev–Trinajstić information content (AvgIpc) is 3.16. The summed E-state index contributed by atoms with van der Waals surface area (Å²) in [4.78, 5) is 19.4. The third-order valence-electron chi connectivity index (χ3n) is 5.88. The van der Waals surface area contributed by atoms with Crippen molar-refractivity contribution in [1.29, 1.82) is 0 Å². The van der Waals surface area contributed by atoms with Gasteiger partial charge in [0.25, 0.3) is 5.56 Å². The number of aromatic amines is 1. The fourth-order valence-corrected chi connectivity index (χ4v) is 4.48. The number of H-pyrrole nitrogens is 1. The molecule has 2 atom stereocenters. The second kappa shape index (κ2) is 7.00. The molecule has 5 rings (SSSR count). The third kappa shape index (κ3) is 2.89. The zero-order chi connectivity index (χ0) is 20.0. The Bertz CT molecular complexity index is 1150. The number of amidine groups is 1. The first-order valence-electron chi connectivity index (χ1n) is 9.94. The molecular formula is C22H24N6O. The molecule has 0 aliphatic carbocycles. The van der Waals surface area contributed by atoms with Crippen LogP contribution in [0, 0.1) is 0 Å². The lowest BCUT2D eigenvalue weighted by Crippen LogP contribution is -2.37. The summed E-state index contributed by atoms with van der Waals surface area (Å²) in [6, 6.07) is 14.4. The highest BCUT2D eigenvalue weighted by Crippen LogP contribution is 2.44. The number of benzene rings is 2. The molecule has 0 spiro atoms. The van der Waals surface area contributed by atoms with E-state index in [1.54, 1.807) is 0 Å². The van der Waals surface area contributed by atoms with Gasteiger partial charge in [-0.2, -0.15) is 5.10 Å². The molecule has 2 aromatic carbocycles. The van der Waals surface area contributed by atoms with Crippen LogP contribution in [0.5, 0.6) is 0 Å². The van der Waals surface area contributed by atoms with Crippen LogP contribution in [0.1, 0.15) is 28.8 Å². The van der Waals surface area contributed by atoms with Gasteiger partial charge in [0.05, 0.1) is 29.6 Å². The summed E-state index contributed by atoms with van der Waals surface area (Å²) in [6.45, 7) is 2.51. The number of hydrogen-bond donors (Lipinski definition) is 3. The van der Waals surface area contributed by atoms with E-state index in [0.29, 0.717) is 5.39 Å². The van der Waals surface area contributed by atoms with Crippen LogP contribution in [0.15, 0.2) is 52.3 Å². The lowest BCUT2D eigenvalue weighted by molar-refractivity contribution is 0.518. The maximum Gasteiger partial charge on any atom is 0.272 e. The highest BCUT2D eigenvalue weighted by atomic mass is 16.1. The number of hydrogen-bond acceptors (Lipinski definition) is 6. The summed E-state index contributed by atoms with van der Waals surface area (Å²) >= 11 is 0. The van der Waals surface area contributed by atoms with Gasteiger partial charge in [0.2, 0.25) is 0 Å². The predicted octanol–water partition coefficient (Wildman–Crippen LogP) is 2.24. The maximum absolute atomic E-state index is 12.4. The normalized spacial score (nSPS) is 20.6. The predicted molar refractivity (Wildman–Crippen MR) is 116 cm³/mol. The van der Waals surface area contributed by atoms with E-state index in [2.05, 4.69) is 57.0 Å². The van der Waals surface area contributed by atoms with Crippen LogP contribution in [0.2, 0.25) is 0 Å². The first-order chi connectivity index (χ1) is 14.2. The highest BCUT2D eigenvalue weighted by molar-refractivity contribution is 6.02. The van der Waals surface area contributed by atoms with Crippen molar-refractivity contribution in [3.8, 4) is 0 Å². The van der Waals surface area contributed by atoms with Crippen molar-refractivity contribution in [2.75, 3.05) is 32.5 Å². The van der Waals surface area contributed by atoms with Crippen LogP contribution < -0.4 is 16.2 Å². The van der Waals surface area contributed by atoms with E-state index in [0.717, 1.165) is 42.2 Å².